The molecule has 2 unspecified atom stereocenters. The SMILES string of the molecule is CNCC1=NC(C)C(c2ccccc2)O1. The minimum atomic E-state index is 0.0783. The molecule has 0 bridgehead atoms. The number of benzene rings is 1. The summed E-state index contributed by atoms with van der Waals surface area (Å²) in [6.45, 7) is 2.79. The largest absolute Gasteiger partial charge is 0.470 e. The van der Waals surface area contributed by atoms with Crippen molar-refractivity contribution in [2.24, 2.45) is 4.99 Å². The summed E-state index contributed by atoms with van der Waals surface area (Å²) < 4.78 is 5.79. The molecule has 0 saturated carbocycles. The van der Waals surface area contributed by atoms with Gasteiger partial charge in [0.05, 0.1) is 12.6 Å². The van der Waals surface area contributed by atoms with Gasteiger partial charge in [0, 0.05) is 0 Å². The van der Waals surface area contributed by atoms with Crippen molar-refractivity contribution in [1.82, 2.24) is 5.32 Å². The summed E-state index contributed by atoms with van der Waals surface area (Å²) in [4.78, 5) is 4.47. The Morgan fingerprint density at radius 2 is 2.07 bits per heavy atom. The van der Waals surface area contributed by atoms with Crippen molar-refractivity contribution in [3.63, 3.8) is 0 Å². The molecule has 0 radical (unpaired) electrons. The molecule has 1 aliphatic rings. The van der Waals surface area contributed by atoms with Crippen molar-refractivity contribution in [2.75, 3.05) is 13.6 Å². The molecule has 1 N–H and O–H groups in total. The minimum Gasteiger partial charge on any atom is -0.470 e. The van der Waals surface area contributed by atoms with Crippen LogP contribution in [0.3, 0.4) is 0 Å². The van der Waals surface area contributed by atoms with Crippen molar-refractivity contribution < 1.29 is 4.74 Å². The first-order valence-electron chi connectivity index (χ1n) is 5.24. The summed E-state index contributed by atoms with van der Waals surface area (Å²) in [6.07, 6.45) is 0.0783. The first-order chi connectivity index (χ1) is 7.31. The van der Waals surface area contributed by atoms with Crippen LogP contribution in [-0.2, 0) is 4.74 Å². The first kappa shape index (κ1) is 10.2. The molecule has 2 atom stereocenters. The second-order valence-corrected chi connectivity index (χ2v) is 3.74. The zero-order chi connectivity index (χ0) is 10.7. The number of nitrogens with zero attached hydrogens (tertiary/aromatic N) is 1. The van der Waals surface area contributed by atoms with Gasteiger partial charge in [0.15, 0.2) is 5.90 Å². The van der Waals surface area contributed by atoms with Gasteiger partial charge in [-0.25, -0.2) is 4.99 Å². The molecule has 0 aliphatic carbocycles. The number of hydrogen-bond donors (Lipinski definition) is 1. The zero-order valence-corrected chi connectivity index (χ0v) is 9.10. The Balaban J connectivity index is 2.09. The van der Waals surface area contributed by atoms with Crippen LogP contribution in [-0.4, -0.2) is 25.5 Å². The molecule has 0 spiro atoms. The molecule has 80 valence electrons. The van der Waals surface area contributed by atoms with E-state index in [1.165, 1.54) is 5.56 Å². The Morgan fingerprint density at radius 3 is 2.73 bits per heavy atom. The number of likely N-dealkylation sites (N-methyl/N-ethyl adjacent to an activating group) is 1. The van der Waals surface area contributed by atoms with Crippen LogP contribution < -0.4 is 5.32 Å². The van der Waals surface area contributed by atoms with Crippen LogP contribution in [0, 0.1) is 0 Å². The Kier molecular flexibility index (Phi) is 3.02. The predicted molar refractivity (Wildman–Crippen MR) is 61.1 cm³/mol. The number of rotatable bonds is 3. The fraction of sp³-hybridized carbons (Fsp3) is 0.417. The van der Waals surface area contributed by atoms with Gasteiger partial charge in [0.1, 0.15) is 6.10 Å². The number of hydrogen-bond acceptors (Lipinski definition) is 3. The Bertz CT molecular complexity index is 348. The van der Waals surface area contributed by atoms with E-state index in [1.807, 2.05) is 25.2 Å². The van der Waals surface area contributed by atoms with Gasteiger partial charge in [-0.3, -0.25) is 0 Å². The monoisotopic (exact) mass is 204 g/mol. The van der Waals surface area contributed by atoms with Gasteiger partial charge in [-0.2, -0.15) is 0 Å². The molecule has 0 fully saturated rings. The highest BCUT2D eigenvalue weighted by atomic mass is 16.5. The lowest BCUT2D eigenvalue weighted by Crippen LogP contribution is -2.19. The van der Waals surface area contributed by atoms with E-state index in [0.717, 1.165) is 5.90 Å². The van der Waals surface area contributed by atoms with E-state index in [1.54, 1.807) is 0 Å². The van der Waals surface area contributed by atoms with Crippen molar-refractivity contribution in [3.8, 4) is 0 Å². The zero-order valence-electron chi connectivity index (χ0n) is 9.10. The fourth-order valence-electron chi connectivity index (χ4n) is 1.80. The van der Waals surface area contributed by atoms with Crippen LogP contribution in [0.15, 0.2) is 35.3 Å². The van der Waals surface area contributed by atoms with Gasteiger partial charge >= 0.3 is 0 Å². The maximum Gasteiger partial charge on any atom is 0.198 e. The van der Waals surface area contributed by atoms with Crippen LogP contribution in [0.5, 0.6) is 0 Å². The van der Waals surface area contributed by atoms with E-state index in [-0.39, 0.29) is 12.1 Å². The second kappa shape index (κ2) is 4.45. The van der Waals surface area contributed by atoms with Gasteiger partial charge in [0.25, 0.3) is 0 Å². The van der Waals surface area contributed by atoms with Crippen molar-refractivity contribution >= 4 is 5.90 Å². The van der Waals surface area contributed by atoms with Crippen LogP contribution in [0.25, 0.3) is 0 Å². The highest BCUT2D eigenvalue weighted by Gasteiger charge is 2.27. The third kappa shape index (κ3) is 2.18. The van der Waals surface area contributed by atoms with Crippen LogP contribution in [0.1, 0.15) is 18.6 Å². The van der Waals surface area contributed by atoms with Crippen LogP contribution >= 0.6 is 0 Å². The normalized spacial score (nSPS) is 24.8. The fourth-order valence-corrected chi connectivity index (χ4v) is 1.80. The number of nitrogens with one attached hydrogen (secondary N) is 1. The molecule has 1 aromatic carbocycles. The Hall–Kier alpha value is -1.35. The molecular weight excluding hydrogens is 188 g/mol. The molecule has 3 heteroatoms. The molecule has 0 aromatic heterocycles. The minimum absolute atomic E-state index is 0.0783. The highest BCUT2D eigenvalue weighted by Crippen LogP contribution is 2.28. The summed E-state index contributed by atoms with van der Waals surface area (Å²) in [5.74, 6) is 0.804. The molecule has 2 rings (SSSR count). The lowest BCUT2D eigenvalue weighted by molar-refractivity contribution is 0.198. The summed E-state index contributed by atoms with van der Waals surface area (Å²) in [5, 5.41) is 3.05. The topological polar surface area (TPSA) is 33.6 Å². The molecule has 0 amide bonds. The molecule has 1 aliphatic heterocycles. The molecule has 1 aromatic rings. The molecule has 3 nitrogen and oxygen atoms in total. The summed E-state index contributed by atoms with van der Waals surface area (Å²) in [5.41, 5.74) is 1.19. The molecule has 0 saturated heterocycles. The molecule has 1 heterocycles. The maximum atomic E-state index is 5.79. The van der Waals surface area contributed by atoms with E-state index in [2.05, 4.69) is 29.4 Å². The van der Waals surface area contributed by atoms with Gasteiger partial charge in [-0.05, 0) is 19.5 Å². The first-order valence-corrected chi connectivity index (χ1v) is 5.24. The van der Waals surface area contributed by atoms with E-state index >= 15 is 0 Å². The molecule has 15 heavy (non-hydrogen) atoms. The lowest BCUT2D eigenvalue weighted by Gasteiger charge is -2.14. The summed E-state index contributed by atoms with van der Waals surface area (Å²) in [7, 11) is 1.90. The highest BCUT2D eigenvalue weighted by molar-refractivity contribution is 5.80. The van der Waals surface area contributed by atoms with E-state index in [4.69, 9.17) is 4.74 Å². The number of ether oxygens (including phenoxy) is 1. The van der Waals surface area contributed by atoms with Gasteiger partial charge in [-0.15, -0.1) is 0 Å². The Morgan fingerprint density at radius 1 is 1.33 bits per heavy atom. The molecular formula is C12H16N2O. The van der Waals surface area contributed by atoms with Crippen molar-refractivity contribution in [1.29, 1.82) is 0 Å². The number of aliphatic imine (C=N–C) groups is 1. The van der Waals surface area contributed by atoms with Crippen molar-refractivity contribution in [2.45, 2.75) is 19.1 Å². The van der Waals surface area contributed by atoms with Gasteiger partial charge in [-0.1, -0.05) is 30.3 Å². The third-order valence-corrected chi connectivity index (χ3v) is 2.50. The van der Waals surface area contributed by atoms with Crippen molar-refractivity contribution in [3.05, 3.63) is 35.9 Å². The van der Waals surface area contributed by atoms with E-state index < -0.39 is 0 Å². The Labute approximate surface area is 90.2 Å². The van der Waals surface area contributed by atoms with Crippen LogP contribution in [0.4, 0.5) is 0 Å². The quantitative estimate of drug-likeness (QED) is 0.814. The van der Waals surface area contributed by atoms with Gasteiger partial charge in [0.2, 0.25) is 0 Å². The average Bonchev–Trinajstić information content (AvgIpc) is 2.61. The van der Waals surface area contributed by atoms with E-state index in [9.17, 15) is 0 Å². The summed E-state index contributed by atoms with van der Waals surface area (Å²) >= 11 is 0. The predicted octanol–water partition coefficient (Wildman–Crippen LogP) is 1.76. The average molecular weight is 204 g/mol. The standard InChI is InChI=1S/C12H16N2O/c1-9-12(10-6-4-3-5-7-10)15-11(14-9)8-13-2/h3-7,9,12-13H,8H2,1-2H3. The summed E-state index contributed by atoms with van der Waals surface area (Å²) in [6, 6.07) is 10.4. The third-order valence-electron chi connectivity index (χ3n) is 2.50. The smallest absolute Gasteiger partial charge is 0.198 e. The second-order valence-electron chi connectivity index (χ2n) is 3.74. The van der Waals surface area contributed by atoms with Gasteiger partial charge < -0.3 is 10.1 Å². The maximum absolute atomic E-state index is 5.79. The van der Waals surface area contributed by atoms with Crippen LogP contribution in [0.2, 0.25) is 0 Å². The van der Waals surface area contributed by atoms with E-state index in [0.29, 0.717) is 6.54 Å². The lowest BCUT2D eigenvalue weighted by atomic mass is 10.0.